The lowest BCUT2D eigenvalue weighted by Gasteiger charge is -2.27. The molecule has 2 rings (SSSR count). The van der Waals surface area contributed by atoms with Gasteiger partial charge in [0.1, 0.15) is 0 Å². The van der Waals surface area contributed by atoms with Gasteiger partial charge in [0.25, 0.3) is 0 Å². The van der Waals surface area contributed by atoms with Crippen LogP contribution in [0.1, 0.15) is 38.5 Å². The smallest absolute Gasteiger partial charge is 0.236 e. The molecule has 92 valence electrons. The van der Waals surface area contributed by atoms with E-state index in [1.165, 1.54) is 6.42 Å². The first-order chi connectivity index (χ1) is 7.77. The van der Waals surface area contributed by atoms with Gasteiger partial charge in [-0.25, -0.2) is 0 Å². The van der Waals surface area contributed by atoms with Gasteiger partial charge in [-0.3, -0.25) is 4.79 Å². The first kappa shape index (κ1) is 11.9. The summed E-state index contributed by atoms with van der Waals surface area (Å²) in [6.45, 7) is 2.21. The van der Waals surface area contributed by atoms with Gasteiger partial charge in [0, 0.05) is 19.1 Å². The topological polar surface area (TPSA) is 52.6 Å². The monoisotopic (exact) mass is 226 g/mol. The Hall–Kier alpha value is -0.610. The Labute approximate surface area is 97.0 Å². The SMILES string of the molecule is O=C(CNC1CCCC1O)N1CCCCC1. The number of aliphatic hydroxyl groups excluding tert-OH is 1. The summed E-state index contributed by atoms with van der Waals surface area (Å²) in [5.41, 5.74) is 0. The number of piperidine rings is 1. The number of aliphatic hydroxyl groups is 1. The van der Waals surface area contributed by atoms with Crippen LogP contribution in [0.2, 0.25) is 0 Å². The van der Waals surface area contributed by atoms with Crippen molar-refractivity contribution in [3.8, 4) is 0 Å². The number of carbonyl (C=O) groups excluding carboxylic acids is 1. The first-order valence-electron chi connectivity index (χ1n) is 6.46. The van der Waals surface area contributed by atoms with E-state index in [9.17, 15) is 9.90 Å². The second-order valence-electron chi connectivity index (χ2n) is 4.93. The molecule has 2 N–H and O–H groups in total. The van der Waals surface area contributed by atoms with Crippen LogP contribution in [0.15, 0.2) is 0 Å². The van der Waals surface area contributed by atoms with Crippen molar-refractivity contribution in [1.82, 2.24) is 10.2 Å². The zero-order chi connectivity index (χ0) is 11.4. The Morgan fingerprint density at radius 1 is 1.19 bits per heavy atom. The highest BCUT2D eigenvalue weighted by molar-refractivity contribution is 5.78. The molecule has 0 aromatic heterocycles. The van der Waals surface area contributed by atoms with E-state index in [1.807, 2.05) is 4.90 Å². The van der Waals surface area contributed by atoms with Gasteiger partial charge in [-0.15, -0.1) is 0 Å². The molecule has 0 aromatic rings. The highest BCUT2D eigenvalue weighted by Crippen LogP contribution is 2.18. The standard InChI is InChI=1S/C12H22N2O2/c15-11-6-4-5-10(11)13-9-12(16)14-7-2-1-3-8-14/h10-11,13,15H,1-9H2. The van der Waals surface area contributed by atoms with Gasteiger partial charge >= 0.3 is 0 Å². The quantitative estimate of drug-likeness (QED) is 0.737. The van der Waals surface area contributed by atoms with E-state index in [-0.39, 0.29) is 18.1 Å². The molecule has 1 aliphatic carbocycles. The maximum atomic E-state index is 11.8. The van der Waals surface area contributed by atoms with Crippen LogP contribution in [0.25, 0.3) is 0 Å². The van der Waals surface area contributed by atoms with Gasteiger partial charge < -0.3 is 15.3 Å². The summed E-state index contributed by atoms with van der Waals surface area (Å²) >= 11 is 0. The van der Waals surface area contributed by atoms with E-state index in [4.69, 9.17) is 0 Å². The third kappa shape index (κ3) is 2.95. The Balaban J connectivity index is 1.70. The lowest BCUT2D eigenvalue weighted by Crippen LogP contribution is -2.45. The number of hydrogen-bond donors (Lipinski definition) is 2. The van der Waals surface area contributed by atoms with Crippen molar-refractivity contribution < 1.29 is 9.90 Å². The van der Waals surface area contributed by atoms with Crippen LogP contribution in [0.5, 0.6) is 0 Å². The molecule has 0 spiro atoms. The zero-order valence-electron chi connectivity index (χ0n) is 9.82. The van der Waals surface area contributed by atoms with Crippen LogP contribution in [0.3, 0.4) is 0 Å². The fraction of sp³-hybridized carbons (Fsp3) is 0.917. The maximum absolute atomic E-state index is 11.8. The molecule has 0 radical (unpaired) electrons. The molecule has 16 heavy (non-hydrogen) atoms. The van der Waals surface area contributed by atoms with Crippen LogP contribution in [-0.4, -0.2) is 47.7 Å². The van der Waals surface area contributed by atoms with Crippen molar-refractivity contribution in [3.63, 3.8) is 0 Å². The largest absolute Gasteiger partial charge is 0.392 e. The second kappa shape index (κ2) is 5.64. The minimum absolute atomic E-state index is 0.133. The van der Waals surface area contributed by atoms with Crippen molar-refractivity contribution in [2.24, 2.45) is 0 Å². The fourth-order valence-electron chi connectivity index (χ4n) is 2.65. The van der Waals surface area contributed by atoms with Crippen molar-refractivity contribution in [3.05, 3.63) is 0 Å². The Bertz CT molecular complexity index is 239. The van der Waals surface area contributed by atoms with Crippen LogP contribution in [-0.2, 0) is 4.79 Å². The Morgan fingerprint density at radius 3 is 2.56 bits per heavy atom. The van der Waals surface area contributed by atoms with Crippen LogP contribution < -0.4 is 5.32 Å². The predicted molar refractivity (Wildman–Crippen MR) is 62.1 cm³/mol. The number of rotatable bonds is 3. The molecule has 0 aromatic carbocycles. The van der Waals surface area contributed by atoms with Crippen molar-refractivity contribution in [2.75, 3.05) is 19.6 Å². The average molecular weight is 226 g/mol. The number of carbonyl (C=O) groups is 1. The van der Waals surface area contributed by atoms with Gasteiger partial charge in [-0.1, -0.05) is 0 Å². The maximum Gasteiger partial charge on any atom is 0.236 e. The minimum atomic E-state index is -0.255. The second-order valence-corrected chi connectivity index (χ2v) is 4.93. The van der Waals surface area contributed by atoms with Gasteiger partial charge in [0.15, 0.2) is 0 Å². The summed E-state index contributed by atoms with van der Waals surface area (Å²) in [6, 6.07) is 0.133. The molecular weight excluding hydrogens is 204 g/mol. The summed E-state index contributed by atoms with van der Waals surface area (Å²) in [4.78, 5) is 13.8. The molecule has 1 saturated carbocycles. The molecule has 1 amide bonds. The number of nitrogens with zero attached hydrogens (tertiary/aromatic N) is 1. The van der Waals surface area contributed by atoms with Gasteiger partial charge in [-0.05, 0) is 38.5 Å². The lowest BCUT2D eigenvalue weighted by atomic mass is 10.1. The fourth-order valence-corrected chi connectivity index (χ4v) is 2.65. The minimum Gasteiger partial charge on any atom is -0.392 e. The first-order valence-corrected chi connectivity index (χ1v) is 6.46. The molecule has 1 saturated heterocycles. The third-order valence-electron chi connectivity index (χ3n) is 3.70. The third-order valence-corrected chi connectivity index (χ3v) is 3.70. The molecule has 2 aliphatic rings. The van der Waals surface area contributed by atoms with Crippen LogP contribution >= 0.6 is 0 Å². The van der Waals surface area contributed by atoms with E-state index < -0.39 is 0 Å². The number of amides is 1. The number of nitrogens with one attached hydrogen (secondary N) is 1. The van der Waals surface area contributed by atoms with Gasteiger partial charge in [-0.2, -0.15) is 0 Å². The van der Waals surface area contributed by atoms with E-state index in [2.05, 4.69) is 5.32 Å². The van der Waals surface area contributed by atoms with E-state index >= 15 is 0 Å². The summed E-state index contributed by atoms with van der Waals surface area (Å²) in [5, 5.41) is 12.8. The molecule has 2 atom stereocenters. The van der Waals surface area contributed by atoms with Crippen LogP contribution in [0.4, 0.5) is 0 Å². The average Bonchev–Trinajstić information content (AvgIpc) is 2.73. The summed E-state index contributed by atoms with van der Waals surface area (Å²) in [6.07, 6.45) is 6.20. The Morgan fingerprint density at radius 2 is 1.94 bits per heavy atom. The molecule has 4 heteroatoms. The normalized spacial score (nSPS) is 30.7. The predicted octanol–water partition coefficient (Wildman–Crippen LogP) is 0.502. The van der Waals surface area contributed by atoms with Crippen molar-refractivity contribution in [1.29, 1.82) is 0 Å². The van der Waals surface area contributed by atoms with Crippen LogP contribution in [0, 0.1) is 0 Å². The zero-order valence-corrected chi connectivity index (χ0v) is 9.82. The molecule has 1 heterocycles. The highest BCUT2D eigenvalue weighted by Gasteiger charge is 2.26. The van der Waals surface area contributed by atoms with Crippen molar-refractivity contribution in [2.45, 2.75) is 50.7 Å². The van der Waals surface area contributed by atoms with E-state index in [1.54, 1.807) is 0 Å². The number of likely N-dealkylation sites (tertiary alicyclic amines) is 1. The molecule has 2 fully saturated rings. The Kier molecular flexibility index (Phi) is 4.18. The highest BCUT2D eigenvalue weighted by atomic mass is 16.3. The van der Waals surface area contributed by atoms with E-state index in [0.717, 1.165) is 45.2 Å². The molecule has 0 bridgehead atoms. The molecule has 4 nitrogen and oxygen atoms in total. The van der Waals surface area contributed by atoms with Gasteiger partial charge in [0.05, 0.1) is 12.6 Å². The summed E-state index contributed by atoms with van der Waals surface area (Å²) in [5.74, 6) is 0.193. The molecule has 2 unspecified atom stereocenters. The molecule has 1 aliphatic heterocycles. The summed E-state index contributed by atoms with van der Waals surface area (Å²) < 4.78 is 0. The lowest BCUT2D eigenvalue weighted by molar-refractivity contribution is -0.131. The van der Waals surface area contributed by atoms with Crippen molar-refractivity contribution >= 4 is 5.91 Å². The van der Waals surface area contributed by atoms with Gasteiger partial charge in [0.2, 0.25) is 5.91 Å². The van der Waals surface area contributed by atoms with E-state index in [0.29, 0.717) is 6.54 Å². The number of hydrogen-bond acceptors (Lipinski definition) is 3. The molecular formula is C12H22N2O2. The summed E-state index contributed by atoms with van der Waals surface area (Å²) in [7, 11) is 0.